The molecule has 27 heavy (non-hydrogen) atoms. The molecule has 0 aliphatic carbocycles. The number of hydrogen-bond donors (Lipinski definition) is 2. The maximum atomic E-state index is 12.7. The third-order valence-electron chi connectivity index (χ3n) is 4.34. The quantitative estimate of drug-likeness (QED) is 0.777. The molecule has 7 nitrogen and oxygen atoms in total. The van der Waals surface area contributed by atoms with Gasteiger partial charge in [0, 0.05) is 31.3 Å². The van der Waals surface area contributed by atoms with Crippen molar-refractivity contribution in [3.63, 3.8) is 0 Å². The van der Waals surface area contributed by atoms with Crippen LogP contribution in [-0.4, -0.2) is 33.9 Å². The lowest BCUT2D eigenvalue weighted by molar-refractivity contribution is -0.152. The van der Waals surface area contributed by atoms with E-state index in [4.69, 9.17) is 4.84 Å². The molecule has 2 N–H and O–H groups in total. The maximum absolute atomic E-state index is 12.7. The Morgan fingerprint density at radius 2 is 1.70 bits per heavy atom. The highest BCUT2D eigenvalue weighted by molar-refractivity contribution is 5.95. The van der Waals surface area contributed by atoms with E-state index in [1.807, 2.05) is 45.0 Å². The van der Waals surface area contributed by atoms with Crippen molar-refractivity contribution in [3.05, 3.63) is 42.0 Å². The Labute approximate surface area is 158 Å². The number of para-hydroxylation sites is 1. The summed E-state index contributed by atoms with van der Waals surface area (Å²) in [6.45, 7) is 5.80. The van der Waals surface area contributed by atoms with E-state index in [1.54, 1.807) is 7.05 Å². The van der Waals surface area contributed by atoms with Gasteiger partial charge in [0.15, 0.2) is 0 Å². The van der Waals surface area contributed by atoms with Crippen LogP contribution < -0.4 is 9.74 Å². The van der Waals surface area contributed by atoms with Crippen molar-refractivity contribution in [3.8, 4) is 11.8 Å². The van der Waals surface area contributed by atoms with Gasteiger partial charge in [-0.05, 0) is 30.9 Å². The number of aromatic nitrogens is 1. The minimum atomic E-state index is -0.704. The molecular weight excluding hydrogens is 348 g/mol. The van der Waals surface area contributed by atoms with Gasteiger partial charge in [0.1, 0.15) is 0 Å². The first-order chi connectivity index (χ1) is 12.7. The van der Waals surface area contributed by atoms with Crippen molar-refractivity contribution in [1.82, 2.24) is 4.73 Å². The summed E-state index contributed by atoms with van der Waals surface area (Å²) >= 11 is 0. The Morgan fingerprint density at radius 3 is 2.26 bits per heavy atom. The van der Waals surface area contributed by atoms with Crippen molar-refractivity contribution in [1.29, 1.82) is 0 Å². The average Bonchev–Trinajstić information content (AvgIpc) is 2.92. The zero-order valence-electron chi connectivity index (χ0n) is 16.0. The van der Waals surface area contributed by atoms with E-state index in [9.17, 15) is 19.8 Å². The molecule has 7 heteroatoms. The zero-order valence-corrected chi connectivity index (χ0v) is 16.0. The highest BCUT2D eigenvalue weighted by Crippen LogP contribution is 2.24. The van der Waals surface area contributed by atoms with Crippen LogP contribution in [0.3, 0.4) is 0 Å². The molecule has 1 atom stereocenters. The Morgan fingerprint density at radius 1 is 1.11 bits per heavy atom. The molecule has 0 fully saturated rings. The molecule has 0 saturated heterocycles. The summed E-state index contributed by atoms with van der Waals surface area (Å²) in [4.78, 5) is 31.9. The average molecular weight is 374 g/mol. The monoisotopic (exact) mass is 374 g/mol. The van der Waals surface area contributed by atoms with Gasteiger partial charge in [-0.15, -0.1) is 4.73 Å². The molecule has 2 rings (SSSR count). The number of nitrogens with zero attached hydrogens (tertiary/aromatic N) is 2. The lowest BCUT2D eigenvalue weighted by Gasteiger charge is -2.23. The molecule has 0 radical (unpaired) electrons. The Hall–Kier alpha value is -2.96. The van der Waals surface area contributed by atoms with E-state index < -0.39 is 23.6 Å². The molecule has 1 aromatic heterocycles. The lowest BCUT2D eigenvalue weighted by atomic mass is 9.93. The van der Waals surface area contributed by atoms with Crippen LogP contribution in [0.2, 0.25) is 0 Å². The minimum absolute atomic E-state index is 0.0371. The fourth-order valence-electron chi connectivity index (χ4n) is 2.91. The smallest absolute Gasteiger partial charge is 0.336 e. The number of carbonyl (C=O) groups is 2. The Bertz CT molecular complexity index is 793. The Balaban J connectivity index is 2.14. The van der Waals surface area contributed by atoms with Gasteiger partial charge in [0.2, 0.25) is 17.7 Å². The summed E-state index contributed by atoms with van der Waals surface area (Å²) in [5.74, 6) is -2.24. The number of hydrogen-bond acceptors (Lipinski definition) is 5. The van der Waals surface area contributed by atoms with Crippen molar-refractivity contribution in [2.45, 2.75) is 33.6 Å². The fraction of sp³-hybridized carbons (Fsp3) is 0.400. The van der Waals surface area contributed by atoms with E-state index in [0.29, 0.717) is 11.2 Å². The van der Waals surface area contributed by atoms with Gasteiger partial charge in [0.25, 0.3) is 0 Å². The molecule has 0 aliphatic heterocycles. The molecule has 1 heterocycles. The first-order valence-corrected chi connectivity index (χ1v) is 8.84. The summed E-state index contributed by atoms with van der Waals surface area (Å²) in [7, 11) is 1.67. The van der Waals surface area contributed by atoms with E-state index >= 15 is 0 Å². The van der Waals surface area contributed by atoms with Crippen LogP contribution in [0.5, 0.6) is 11.8 Å². The second-order valence-electron chi connectivity index (χ2n) is 7.02. The number of anilines is 1. The van der Waals surface area contributed by atoms with Crippen molar-refractivity contribution < 1.29 is 24.6 Å². The SMILES string of the molecule is Cc1ccccc1N(C)C(=O)C[C@@H](CC(C)C)C(=O)On1c(O)ccc1O. The van der Waals surface area contributed by atoms with E-state index in [-0.39, 0.29) is 18.2 Å². The third kappa shape index (κ3) is 5.03. The van der Waals surface area contributed by atoms with Crippen LogP contribution in [0.4, 0.5) is 5.69 Å². The number of rotatable bonds is 7. The maximum Gasteiger partial charge on any atom is 0.336 e. The van der Waals surface area contributed by atoms with Gasteiger partial charge in [-0.3, -0.25) is 4.79 Å². The fourth-order valence-corrected chi connectivity index (χ4v) is 2.91. The molecule has 0 saturated carbocycles. The minimum Gasteiger partial charge on any atom is -0.492 e. The highest BCUT2D eigenvalue weighted by Gasteiger charge is 2.28. The predicted molar refractivity (Wildman–Crippen MR) is 101 cm³/mol. The third-order valence-corrected chi connectivity index (χ3v) is 4.34. The van der Waals surface area contributed by atoms with Gasteiger partial charge in [0.05, 0.1) is 5.92 Å². The summed E-state index contributed by atoms with van der Waals surface area (Å²) in [5, 5.41) is 19.3. The van der Waals surface area contributed by atoms with Gasteiger partial charge >= 0.3 is 5.97 Å². The highest BCUT2D eigenvalue weighted by atomic mass is 16.7. The zero-order chi connectivity index (χ0) is 20.1. The van der Waals surface area contributed by atoms with Crippen molar-refractivity contribution >= 4 is 17.6 Å². The van der Waals surface area contributed by atoms with Crippen molar-refractivity contribution in [2.24, 2.45) is 11.8 Å². The topological polar surface area (TPSA) is 92.0 Å². The molecule has 2 aromatic rings. The van der Waals surface area contributed by atoms with Crippen LogP contribution in [0.15, 0.2) is 36.4 Å². The second kappa shape index (κ2) is 8.62. The molecule has 1 aromatic carbocycles. The van der Waals surface area contributed by atoms with Crippen LogP contribution >= 0.6 is 0 Å². The van der Waals surface area contributed by atoms with Gasteiger partial charge in [-0.1, -0.05) is 32.0 Å². The Kier molecular flexibility index (Phi) is 6.50. The standard InChI is InChI=1S/C20H26N2O5/c1-13(2)11-15(20(26)27-22-17(23)9-10-18(22)24)12-19(25)21(4)16-8-6-5-7-14(16)3/h5-10,13,15,23-24H,11-12H2,1-4H3/t15-/m1/s1. The first kappa shape index (κ1) is 20.4. The normalized spacial score (nSPS) is 12.0. The largest absolute Gasteiger partial charge is 0.492 e. The van der Waals surface area contributed by atoms with Crippen LogP contribution in [0.1, 0.15) is 32.3 Å². The van der Waals surface area contributed by atoms with Gasteiger partial charge < -0.3 is 20.0 Å². The number of amides is 1. The lowest BCUT2D eigenvalue weighted by Crippen LogP contribution is -2.34. The number of aromatic hydroxyl groups is 2. The molecule has 1 amide bonds. The molecule has 146 valence electrons. The van der Waals surface area contributed by atoms with Gasteiger partial charge in [-0.2, -0.15) is 0 Å². The number of carbonyl (C=O) groups excluding carboxylic acids is 2. The number of aryl methyl sites for hydroxylation is 1. The summed E-state index contributed by atoms with van der Waals surface area (Å²) in [6, 6.07) is 9.92. The second-order valence-corrected chi connectivity index (χ2v) is 7.02. The van der Waals surface area contributed by atoms with Crippen LogP contribution in [0, 0.1) is 18.8 Å². The summed E-state index contributed by atoms with van der Waals surface area (Å²) < 4.78 is 0.644. The van der Waals surface area contributed by atoms with Gasteiger partial charge in [-0.25, -0.2) is 4.79 Å². The van der Waals surface area contributed by atoms with E-state index in [2.05, 4.69) is 0 Å². The number of benzene rings is 1. The predicted octanol–water partition coefficient (Wildman–Crippen LogP) is 2.88. The summed E-state index contributed by atoms with van der Waals surface area (Å²) in [6.07, 6.45) is 0.402. The van der Waals surface area contributed by atoms with E-state index in [0.717, 1.165) is 11.3 Å². The first-order valence-electron chi connectivity index (χ1n) is 8.84. The molecule has 0 unspecified atom stereocenters. The van der Waals surface area contributed by atoms with Crippen LogP contribution in [0.25, 0.3) is 0 Å². The molecule has 0 spiro atoms. The molecular formula is C20H26N2O5. The van der Waals surface area contributed by atoms with Crippen molar-refractivity contribution in [2.75, 3.05) is 11.9 Å². The summed E-state index contributed by atoms with van der Waals surface area (Å²) in [5.41, 5.74) is 1.73. The molecule has 0 aliphatic rings. The van der Waals surface area contributed by atoms with Crippen LogP contribution in [-0.2, 0) is 9.59 Å². The van der Waals surface area contributed by atoms with E-state index in [1.165, 1.54) is 17.0 Å². The molecule has 0 bridgehead atoms.